The van der Waals surface area contributed by atoms with E-state index in [1.54, 1.807) is 0 Å². The first-order valence-corrected chi connectivity index (χ1v) is 11.7. The molecule has 0 spiro atoms. The van der Waals surface area contributed by atoms with Crippen LogP contribution in [0.3, 0.4) is 0 Å². The molecule has 3 N–H and O–H groups in total. The summed E-state index contributed by atoms with van der Waals surface area (Å²) in [6, 6.07) is 0. The van der Waals surface area contributed by atoms with Crippen LogP contribution in [0.4, 0.5) is 0 Å². The molecule has 0 aliphatic carbocycles. The zero-order chi connectivity index (χ0) is 19.9. The summed E-state index contributed by atoms with van der Waals surface area (Å²) in [6.45, 7) is 5.66. The molecule has 7 heteroatoms. The maximum Gasteiger partial charge on any atom is 0.470 e. The summed E-state index contributed by atoms with van der Waals surface area (Å²) in [7, 11) is -4.63. The summed E-state index contributed by atoms with van der Waals surface area (Å²) in [5.74, 6) is 0. The van der Waals surface area contributed by atoms with Crippen LogP contribution in [0, 0.1) is 0 Å². The van der Waals surface area contributed by atoms with E-state index in [4.69, 9.17) is 14.5 Å². The Hall–Kier alpha value is 0.0300. The smallest absolute Gasteiger partial charge is 0.388 e. The molecular weight excluding hydrogens is 355 g/mol. The highest BCUT2D eigenvalue weighted by atomic mass is 31.2. The molecule has 0 aromatic carbocycles. The lowest BCUT2D eigenvalue weighted by Gasteiger charge is -2.30. The van der Waals surface area contributed by atoms with Gasteiger partial charge in [0.15, 0.2) is 0 Å². The van der Waals surface area contributed by atoms with E-state index in [-0.39, 0.29) is 6.61 Å². The van der Waals surface area contributed by atoms with E-state index in [1.165, 1.54) is 78.1 Å². The van der Waals surface area contributed by atoms with Gasteiger partial charge in [-0.2, -0.15) is 0 Å². The van der Waals surface area contributed by atoms with Gasteiger partial charge in [-0.15, -0.1) is 0 Å². The van der Waals surface area contributed by atoms with Gasteiger partial charge in [0.05, 0.1) is 6.61 Å². The number of hydrogen-bond acceptors (Lipinski definition) is 4. The largest absolute Gasteiger partial charge is 0.470 e. The average Bonchev–Trinajstić information content (AvgIpc) is 2.52. The van der Waals surface area contributed by atoms with Crippen molar-refractivity contribution in [3.63, 3.8) is 0 Å². The van der Waals surface area contributed by atoms with E-state index < -0.39 is 19.5 Å². The van der Waals surface area contributed by atoms with E-state index in [2.05, 4.69) is 11.4 Å². The van der Waals surface area contributed by atoms with E-state index >= 15 is 0 Å². The van der Waals surface area contributed by atoms with Crippen molar-refractivity contribution in [1.29, 1.82) is 0 Å². The topological polar surface area (TPSA) is 96.2 Å². The fraction of sp³-hybridized carbons (Fsp3) is 1.00. The van der Waals surface area contributed by atoms with Gasteiger partial charge in [-0.1, -0.05) is 77.6 Å². The third kappa shape index (κ3) is 16.2. The third-order valence-corrected chi connectivity index (χ3v) is 5.28. The van der Waals surface area contributed by atoms with Gasteiger partial charge in [-0.05, 0) is 20.3 Å². The molecule has 0 aromatic heterocycles. The van der Waals surface area contributed by atoms with Crippen molar-refractivity contribution in [3.05, 3.63) is 0 Å². The normalized spacial score (nSPS) is 13.9. The first-order chi connectivity index (χ1) is 12.2. The quantitative estimate of drug-likeness (QED) is 0.224. The Morgan fingerprint density at radius 3 is 1.69 bits per heavy atom. The summed E-state index contributed by atoms with van der Waals surface area (Å²) in [5, 5.41) is 9.94. The molecule has 0 fully saturated rings. The van der Waals surface area contributed by atoms with Crippen LogP contribution in [-0.4, -0.2) is 39.8 Å². The SMILES string of the molecule is CCCCCCCCCCCCCCOCC(O)C(C)(C)OP(=O)(O)O. The Labute approximate surface area is 159 Å². The number of rotatable bonds is 18. The molecule has 0 saturated heterocycles. The minimum atomic E-state index is -4.63. The van der Waals surface area contributed by atoms with Crippen LogP contribution in [0.15, 0.2) is 0 Å². The molecule has 0 bridgehead atoms. The fourth-order valence-corrected chi connectivity index (χ4v) is 3.54. The lowest BCUT2D eigenvalue weighted by molar-refractivity contribution is -0.0815. The average molecular weight is 397 g/mol. The van der Waals surface area contributed by atoms with E-state index in [1.807, 2.05) is 0 Å². The van der Waals surface area contributed by atoms with Crippen LogP contribution >= 0.6 is 7.82 Å². The van der Waals surface area contributed by atoms with Crippen molar-refractivity contribution < 1.29 is 28.7 Å². The third-order valence-electron chi connectivity index (χ3n) is 4.57. The van der Waals surface area contributed by atoms with Gasteiger partial charge in [0.1, 0.15) is 11.7 Å². The molecule has 158 valence electrons. The first kappa shape index (κ1) is 26.0. The van der Waals surface area contributed by atoms with Crippen molar-refractivity contribution >= 4 is 7.82 Å². The number of hydrogen-bond donors (Lipinski definition) is 3. The first-order valence-electron chi connectivity index (χ1n) is 10.2. The second kappa shape index (κ2) is 15.0. The molecule has 1 unspecified atom stereocenters. The lowest BCUT2D eigenvalue weighted by atomic mass is 10.0. The zero-order valence-electron chi connectivity index (χ0n) is 17.0. The molecule has 0 heterocycles. The Kier molecular flexibility index (Phi) is 15.0. The van der Waals surface area contributed by atoms with Crippen molar-refractivity contribution in [1.82, 2.24) is 0 Å². The molecule has 0 radical (unpaired) electrons. The standard InChI is InChI=1S/C19H41O6P/c1-4-5-6-7-8-9-10-11-12-13-14-15-16-24-17-18(20)19(2,3)25-26(21,22)23/h18,20H,4-17H2,1-3H3,(H2,21,22,23). The molecule has 0 amide bonds. The fourth-order valence-electron chi connectivity index (χ4n) is 2.81. The van der Waals surface area contributed by atoms with E-state index in [9.17, 15) is 9.67 Å². The van der Waals surface area contributed by atoms with Gasteiger partial charge in [0, 0.05) is 6.61 Å². The molecule has 0 saturated carbocycles. The van der Waals surface area contributed by atoms with Gasteiger partial charge in [0.25, 0.3) is 0 Å². The van der Waals surface area contributed by atoms with Crippen LogP contribution in [0.5, 0.6) is 0 Å². The highest BCUT2D eigenvalue weighted by Gasteiger charge is 2.35. The lowest BCUT2D eigenvalue weighted by Crippen LogP contribution is -2.41. The summed E-state index contributed by atoms with van der Waals surface area (Å²) >= 11 is 0. The summed E-state index contributed by atoms with van der Waals surface area (Å²) in [5.41, 5.74) is -1.35. The second-order valence-electron chi connectivity index (χ2n) is 7.67. The summed E-state index contributed by atoms with van der Waals surface area (Å²) in [4.78, 5) is 17.7. The number of phosphoric acid groups is 1. The van der Waals surface area contributed by atoms with Gasteiger partial charge in [0.2, 0.25) is 0 Å². The van der Waals surface area contributed by atoms with Gasteiger partial charge in [-0.25, -0.2) is 4.57 Å². The number of aliphatic hydroxyl groups excluding tert-OH is 1. The van der Waals surface area contributed by atoms with Gasteiger partial charge >= 0.3 is 7.82 Å². The zero-order valence-corrected chi connectivity index (χ0v) is 17.9. The minimum Gasteiger partial charge on any atom is -0.388 e. The molecular formula is C19H41O6P. The highest BCUT2D eigenvalue weighted by molar-refractivity contribution is 7.46. The molecule has 1 atom stereocenters. The number of ether oxygens (including phenoxy) is 1. The molecule has 6 nitrogen and oxygen atoms in total. The Morgan fingerprint density at radius 2 is 1.27 bits per heavy atom. The monoisotopic (exact) mass is 396 g/mol. The Balaban J connectivity index is 3.44. The molecule has 26 heavy (non-hydrogen) atoms. The molecule has 0 aliphatic rings. The Morgan fingerprint density at radius 1 is 0.846 bits per heavy atom. The van der Waals surface area contributed by atoms with E-state index in [0.29, 0.717) is 6.61 Å². The number of phosphoric ester groups is 1. The van der Waals surface area contributed by atoms with Crippen molar-refractivity contribution in [2.24, 2.45) is 0 Å². The maximum atomic E-state index is 10.9. The second-order valence-corrected chi connectivity index (χ2v) is 8.83. The van der Waals surface area contributed by atoms with Crippen molar-refractivity contribution in [2.45, 2.75) is 110 Å². The predicted molar refractivity (Wildman–Crippen MR) is 105 cm³/mol. The molecule has 0 aromatic rings. The highest BCUT2D eigenvalue weighted by Crippen LogP contribution is 2.42. The van der Waals surface area contributed by atoms with Crippen LogP contribution in [-0.2, 0) is 13.8 Å². The molecule has 0 rings (SSSR count). The van der Waals surface area contributed by atoms with E-state index in [0.717, 1.165) is 12.8 Å². The van der Waals surface area contributed by atoms with Gasteiger partial charge in [-0.3, -0.25) is 4.52 Å². The van der Waals surface area contributed by atoms with Gasteiger partial charge < -0.3 is 19.6 Å². The van der Waals surface area contributed by atoms with Crippen molar-refractivity contribution in [3.8, 4) is 0 Å². The van der Waals surface area contributed by atoms with Crippen LogP contribution in [0.25, 0.3) is 0 Å². The Bertz CT molecular complexity index is 369. The summed E-state index contributed by atoms with van der Waals surface area (Å²) < 4.78 is 20.9. The van der Waals surface area contributed by atoms with Crippen LogP contribution in [0.1, 0.15) is 97.8 Å². The minimum absolute atomic E-state index is 0.00499. The number of aliphatic hydroxyl groups is 1. The molecule has 0 aliphatic heterocycles. The van der Waals surface area contributed by atoms with Crippen LogP contribution < -0.4 is 0 Å². The summed E-state index contributed by atoms with van der Waals surface area (Å²) in [6.07, 6.45) is 14.2. The predicted octanol–water partition coefficient (Wildman–Crippen LogP) is 4.95. The van der Waals surface area contributed by atoms with Crippen molar-refractivity contribution in [2.75, 3.05) is 13.2 Å². The van der Waals surface area contributed by atoms with Crippen LogP contribution in [0.2, 0.25) is 0 Å². The number of unbranched alkanes of at least 4 members (excludes halogenated alkanes) is 11. The maximum absolute atomic E-state index is 10.9.